The van der Waals surface area contributed by atoms with Crippen LogP contribution in [0.2, 0.25) is 0 Å². The van der Waals surface area contributed by atoms with Crippen molar-refractivity contribution in [1.29, 1.82) is 0 Å². The molecule has 11 nitrogen and oxygen atoms in total. The molecule has 2 aliphatic heterocycles. The SMILES string of the molecule is COc1c2c(cc3occ(-c4ccccc4O[C@@H]4O[C@H](CO)[C@@H](O)[C@H](O)[C@H]4O)c(=O)c13)OCO2. The fourth-order valence-electron chi connectivity index (χ4n) is 4.07. The Morgan fingerprint density at radius 3 is 2.62 bits per heavy atom. The van der Waals surface area contributed by atoms with Crippen LogP contribution in [0.1, 0.15) is 0 Å². The number of ether oxygens (including phenoxy) is 5. The van der Waals surface area contributed by atoms with Gasteiger partial charge in [-0.05, 0) is 6.07 Å². The Labute approximate surface area is 192 Å². The van der Waals surface area contributed by atoms with Gasteiger partial charge in [-0.3, -0.25) is 4.79 Å². The van der Waals surface area contributed by atoms with Crippen molar-refractivity contribution in [1.82, 2.24) is 0 Å². The Morgan fingerprint density at radius 2 is 1.85 bits per heavy atom. The summed E-state index contributed by atoms with van der Waals surface area (Å²) >= 11 is 0. The lowest BCUT2D eigenvalue weighted by Gasteiger charge is -2.39. The first-order valence-electron chi connectivity index (χ1n) is 10.4. The number of rotatable bonds is 5. The average molecular weight is 474 g/mol. The van der Waals surface area contributed by atoms with Crippen LogP contribution in [0.15, 0.2) is 45.8 Å². The Morgan fingerprint density at radius 1 is 1.06 bits per heavy atom. The van der Waals surface area contributed by atoms with E-state index in [0.717, 1.165) is 0 Å². The van der Waals surface area contributed by atoms with Gasteiger partial charge in [0, 0.05) is 11.6 Å². The van der Waals surface area contributed by atoms with Gasteiger partial charge in [0.2, 0.25) is 24.3 Å². The molecule has 0 aliphatic carbocycles. The minimum atomic E-state index is -1.61. The predicted octanol–water partition coefficient (Wildman–Crippen LogP) is 0.376. The first kappa shape index (κ1) is 22.4. The molecular weight excluding hydrogens is 452 g/mol. The van der Waals surface area contributed by atoms with E-state index in [0.29, 0.717) is 17.1 Å². The van der Waals surface area contributed by atoms with E-state index in [1.165, 1.54) is 19.4 Å². The third kappa shape index (κ3) is 3.54. The Bertz CT molecular complexity index is 1270. The summed E-state index contributed by atoms with van der Waals surface area (Å²) in [5, 5.41) is 39.9. The Hall–Kier alpha value is -3.35. The summed E-state index contributed by atoms with van der Waals surface area (Å²) in [5.41, 5.74) is 0.253. The molecule has 180 valence electrons. The van der Waals surface area contributed by atoms with Crippen molar-refractivity contribution in [2.45, 2.75) is 30.7 Å². The van der Waals surface area contributed by atoms with E-state index in [4.69, 9.17) is 28.1 Å². The third-order valence-electron chi connectivity index (χ3n) is 5.83. The summed E-state index contributed by atoms with van der Waals surface area (Å²) in [4.78, 5) is 13.5. The molecule has 1 saturated heterocycles. The van der Waals surface area contributed by atoms with Gasteiger partial charge in [0.25, 0.3) is 0 Å². The smallest absolute Gasteiger partial charge is 0.231 e. The molecule has 0 unspecified atom stereocenters. The number of para-hydroxylation sites is 1. The van der Waals surface area contributed by atoms with Crippen LogP contribution in [-0.2, 0) is 4.74 Å². The summed E-state index contributed by atoms with van der Waals surface area (Å²) in [5.74, 6) is 1.00. The molecule has 5 atom stereocenters. The second-order valence-corrected chi connectivity index (χ2v) is 7.81. The average Bonchev–Trinajstić information content (AvgIpc) is 3.32. The number of methoxy groups -OCH3 is 1. The molecule has 34 heavy (non-hydrogen) atoms. The normalized spacial score (nSPS) is 26.0. The molecule has 4 N–H and O–H groups in total. The van der Waals surface area contributed by atoms with E-state index in [-0.39, 0.29) is 34.8 Å². The molecule has 1 aromatic heterocycles. The molecule has 1 fully saturated rings. The summed E-state index contributed by atoms with van der Waals surface area (Å²) in [6.45, 7) is -0.616. The second-order valence-electron chi connectivity index (χ2n) is 7.81. The van der Waals surface area contributed by atoms with Crippen LogP contribution in [0.3, 0.4) is 0 Å². The maximum absolute atomic E-state index is 13.5. The molecule has 0 saturated carbocycles. The fourth-order valence-corrected chi connectivity index (χ4v) is 4.07. The predicted molar refractivity (Wildman–Crippen MR) is 115 cm³/mol. The first-order valence-corrected chi connectivity index (χ1v) is 10.4. The van der Waals surface area contributed by atoms with Crippen molar-refractivity contribution >= 4 is 11.0 Å². The summed E-state index contributed by atoms with van der Waals surface area (Å²) < 4.78 is 33.2. The maximum Gasteiger partial charge on any atom is 0.231 e. The second kappa shape index (κ2) is 8.78. The highest BCUT2D eigenvalue weighted by atomic mass is 16.7. The molecule has 2 aliphatic rings. The lowest BCUT2D eigenvalue weighted by molar-refractivity contribution is -0.277. The van der Waals surface area contributed by atoms with Crippen LogP contribution in [0.25, 0.3) is 22.1 Å². The van der Waals surface area contributed by atoms with E-state index in [1.54, 1.807) is 24.3 Å². The van der Waals surface area contributed by atoms with E-state index in [2.05, 4.69) is 0 Å². The zero-order valence-electron chi connectivity index (χ0n) is 17.9. The van der Waals surface area contributed by atoms with Crippen molar-refractivity contribution < 1.29 is 48.5 Å². The number of hydrogen-bond acceptors (Lipinski definition) is 11. The van der Waals surface area contributed by atoms with Gasteiger partial charge in [0.1, 0.15) is 47.4 Å². The number of aliphatic hydroxyl groups is 4. The first-order chi connectivity index (χ1) is 16.4. The van der Waals surface area contributed by atoms with Crippen molar-refractivity contribution in [3.63, 3.8) is 0 Å². The van der Waals surface area contributed by atoms with Gasteiger partial charge >= 0.3 is 0 Å². The van der Waals surface area contributed by atoms with Gasteiger partial charge in [0.15, 0.2) is 11.5 Å². The minimum absolute atomic E-state index is 0.0150. The molecule has 3 heterocycles. The monoisotopic (exact) mass is 474 g/mol. The van der Waals surface area contributed by atoms with Crippen LogP contribution >= 0.6 is 0 Å². The van der Waals surface area contributed by atoms with Crippen molar-refractivity contribution in [2.24, 2.45) is 0 Å². The summed E-state index contributed by atoms with van der Waals surface area (Å²) in [6.07, 6.45) is -6.05. The molecule has 5 rings (SSSR count). The van der Waals surface area contributed by atoms with Gasteiger partial charge in [-0.2, -0.15) is 0 Å². The van der Waals surface area contributed by atoms with Gasteiger partial charge in [-0.25, -0.2) is 0 Å². The fraction of sp³-hybridized carbons (Fsp3) is 0.348. The van der Waals surface area contributed by atoms with Gasteiger partial charge in [-0.15, -0.1) is 0 Å². The molecule has 0 radical (unpaired) electrons. The minimum Gasteiger partial charge on any atom is -0.492 e. The molecule has 2 aromatic carbocycles. The summed E-state index contributed by atoms with van der Waals surface area (Å²) in [6, 6.07) is 8.01. The number of aliphatic hydroxyl groups excluding tert-OH is 4. The van der Waals surface area contributed by atoms with Crippen molar-refractivity contribution in [3.8, 4) is 34.1 Å². The third-order valence-corrected chi connectivity index (χ3v) is 5.83. The molecule has 0 bridgehead atoms. The maximum atomic E-state index is 13.5. The summed E-state index contributed by atoms with van der Waals surface area (Å²) in [7, 11) is 1.40. The molecule has 3 aromatic rings. The number of benzene rings is 2. The van der Waals surface area contributed by atoms with Gasteiger partial charge in [-0.1, -0.05) is 18.2 Å². The van der Waals surface area contributed by atoms with Crippen LogP contribution in [-0.4, -0.2) is 71.6 Å². The molecule has 0 spiro atoms. The van der Waals surface area contributed by atoms with E-state index in [1.807, 2.05) is 0 Å². The van der Waals surface area contributed by atoms with Gasteiger partial charge in [0.05, 0.1) is 19.3 Å². The Balaban J connectivity index is 1.58. The largest absolute Gasteiger partial charge is 0.492 e. The molecule has 11 heteroatoms. The van der Waals surface area contributed by atoms with Crippen LogP contribution in [0.4, 0.5) is 0 Å². The van der Waals surface area contributed by atoms with E-state index >= 15 is 0 Å². The lowest BCUT2D eigenvalue weighted by atomic mass is 9.99. The Kier molecular flexibility index (Phi) is 5.80. The van der Waals surface area contributed by atoms with Gasteiger partial charge < -0.3 is 48.5 Å². The highest BCUT2D eigenvalue weighted by molar-refractivity contribution is 5.92. The highest BCUT2D eigenvalue weighted by Gasteiger charge is 2.45. The quantitative estimate of drug-likeness (QED) is 0.405. The van der Waals surface area contributed by atoms with Crippen LogP contribution in [0.5, 0.6) is 23.0 Å². The standard InChI is InChI=1S/C23H22O11/c1-29-22-16-13(6-14-21(22)32-9-31-14)30-8-11(17(16)25)10-4-2-3-5-12(10)33-23-20(28)19(27)18(26)15(7-24)34-23/h2-6,8,15,18-20,23-24,26-28H,7,9H2,1H3/t15-,18-,19+,20-,23-/m1/s1. The van der Waals surface area contributed by atoms with Crippen molar-refractivity contribution in [2.75, 3.05) is 20.5 Å². The zero-order chi connectivity index (χ0) is 24.0. The van der Waals surface area contributed by atoms with Crippen LogP contribution in [0, 0.1) is 0 Å². The number of hydrogen-bond donors (Lipinski definition) is 4. The van der Waals surface area contributed by atoms with Crippen LogP contribution < -0.4 is 24.4 Å². The highest BCUT2D eigenvalue weighted by Crippen LogP contribution is 2.45. The van der Waals surface area contributed by atoms with Crippen molar-refractivity contribution in [3.05, 3.63) is 46.8 Å². The zero-order valence-corrected chi connectivity index (χ0v) is 17.9. The molecule has 0 amide bonds. The van der Waals surface area contributed by atoms with E-state index in [9.17, 15) is 25.2 Å². The molecular formula is C23H22O11. The lowest BCUT2D eigenvalue weighted by Crippen LogP contribution is -2.60. The topological polar surface area (TPSA) is 157 Å². The number of fused-ring (bicyclic) bond motifs is 2. The van der Waals surface area contributed by atoms with E-state index < -0.39 is 42.7 Å².